The molecule has 110 valence electrons. The van der Waals surface area contributed by atoms with E-state index in [1.807, 2.05) is 13.1 Å². The molecule has 0 saturated heterocycles. The number of nitro benzene ring substituents is 1. The van der Waals surface area contributed by atoms with Crippen LogP contribution in [0, 0.1) is 16.0 Å². The Morgan fingerprint density at radius 1 is 1.50 bits per heavy atom. The van der Waals surface area contributed by atoms with Crippen molar-refractivity contribution in [1.82, 2.24) is 4.90 Å². The lowest BCUT2D eigenvalue weighted by Crippen LogP contribution is -2.23. The number of hydrogen-bond donors (Lipinski definition) is 0. The Balaban J connectivity index is 1.78. The van der Waals surface area contributed by atoms with Gasteiger partial charge in [0.25, 0.3) is 5.69 Å². The molecule has 0 aromatic heterocycles. The number of benzene rings is 1. The van der Waals surface area contributed by atoms with Gasteiger partial charge in [0.2, 0.25) is 0 Å². The summed E-state index contributed by atoms with van der Waals surface area (Å²) in [5, 5.41) is 11.0. The predicted octanol–water partition coefficient (Wildman–Crippen LogP) is 3.11. The summed E-state index contributed by atoms with van der Waals surface area (Å²) < 4.78 is 5.58. The zero-order valence-electron chi connectivity index (χ0n) is 11.5. The number of nitro groups is 1. The van der Waals surface area contributed by atoms with Crippen LogP contribution in [0.15, 0.2) is 18.2 Å². The third-order valence-corrected chi connectivity index (χ3v) is 3.65. The second kappa shape index (κ2) is 7.02. The first-order chi connectivity index (χ1) is 9.56. The molecule has 2 rings (SSSR count). The van der Waals surface area contributed by atoms with Crippen molar-refractivity contribution in [3.05, 3.63) is 38.9 Å². The molecular weight excluding hydrogens is 280 g/mol. The molecule has 0 heterocycles. The minimum Gasteiger partial charge on any atom is -0.380 e. The Labute approximate surface area is 123 Å². The van der Waals surface area contributed by atoms with Gasteiger partial charge in [0, 0.05) is 25.8 Å². The molecule has 1 aromatic carbocycles. The summed E-state index contributed by atoms with van der Waals surface area (Å²) in [7, 11) is 1.97. The molecule has 0 spiro atoms. The second-order valence-corrected chi connectivity index (χ2v) is 5.71. The van der Waals surface area contributed by atoms with E-state index in [0.29, 0.717) is 13.2 Å². The van der Waals surface area contributed by atoms with Crippen LogP contribution < -0.4 is 0 Å². The number of ether oxygens (including phenoxy) is 1. The van der Waals surface area contributed by atoms with Crippen LogP contribution in [0.2, 0.25) is 5.02 Å². The van der Waals surface area contributed by atoms with Gasteiger partial charge in [-0.25, -0.2) is 0 Å². The Morgan fingerprint density at radius 3 is 2.90 bits per heavy atom. The van der Waals surface area contributed by atoms with Crippen LogP contribution in [0.5, 0.6) is 0 Å². The summed E-state index contributed by atoms with van der Waals surface area (Å²) in [5.74, 6) is 0.777. The molecule has 1 fully saturated rings. The highest BCUT2D eigenvalue weighted by molar-refractivity contribution is 6.32. The van der Waals surface area contributed by atoms with E-state index in [-0.39, 0.29) is 10.7 Å². The van der Waals surface area contributed by atoms with E-state index in [1.165, 1.54) is 18.9 Å². The third-order valence-electron chi connectivity index (χ3n) is 3.33. The zero-order valence-corrected chi connectivity index (χ0v) is 12.3. The number of rotatable bonds is 8. The summed E-state index contributed by atoms with van der Waals surface area (Å²) in [4.78, 5) is 12.5. The van der Waals surface area contributed by atoms with Crippen LogP contribution in [-0.4, -0.2) is 36.6 Å². The molecule has 5 nitrogen and oxygen atoms in total. The van der Waals surface area contributed by atoms with Crippen LogP contribution in [0.25, 0.3) is 0 Å². The normalized spacial score (nSPS) is 14.8. The largest absolute Gasteiger partial charge is 0.380 e. The maximum Gasteiger partial charge on any atom is 0.288 e. The average Bonchev–Trinajstić information content (AvgIpc) is 3.21. The molecule has 1 aromatic rings. The van der Waals surface area contributed by atoms with E-state index >= 15 is 0 Å². The lowest BCUT2D eigenvalue weighted by Gasteiger charge is -2.16. The summed E-state index contributed by atoms with van der Waals surface area (Å²) >= 11 is 5.79. The maximum atomic E-state index is 10.8. The molecule has 1 aliphatic rings. The molecule has 0 radical (unpaired) electrons. The first kappa shape index (κ1) is 15.2. The Morgan fingerprint density at radius 2 is 2.25 bits per heavy atom. The van der Waals surface area contributed by atoms with Gasteiger partial charge in [-0.1, -0.05) is 17.7 Å². The van der Waals surface area contributed by atoms with Gasteiger partial charge in [0.1, 0.15) is 5.02 Å². The molecule has 0 N–H and O–H groups in total. The highest BCUT2D eigenvalue weighted by atomic mass is 35.5. The van der Waals surface area contributed by atoms with Crippen molar-refractivity contribution in [2.24, 2.45) is 5.92 Å². The second-order valence-electron chi connectivity index (χ2n) is 5.30. The Kier molecular flexibility index (Phi) is 5.34. The molecule has 6 heteroatoms. The molecule has 1 saturated carbocycles. The van der Waals surface area contributed by atoms with Crippen LogP contribution in [-0.2, 0) is 11.3 Å². The van der Waals surface area contributed by atoms with E-state index in [9.17, 15) is 10.1 Å². The van der Waals surface area contributed by atoms with E-state index in [4.69, 9.17) is 16.3 Å². The van der Waals surface area contributed by atoms with Gasteiger partial charge in [-0.15, -0.1) is 0 Å². The van der Waals surface area contributed by atoms with Crippen molar-refractivity contribution in [2.75, 3.05) is 26.8 Å². The first-order valence-electron chi connectivity index (χ1n) is 6.75. The van der Waals surface area contributed by atoms with Crippen LogP contribution in [0.1, 0.15) is 18.4 Å². The average molecular weight is 299 g/mol. The van der Waals surface area contributed by atoms with E-state index in [0.717, 1.165) is 24.6 Å². The number of halogens is 1. The van der Waals surface area contributed by atoms with Gasteiger partial charge < -0.3 is 4.74 Å². The van der Waals surface area contributed by atoms with Gasteiger partial charge >= 0.3 is 0 Å². The third kappa shape index (κ3) is 4.74. The van der Waals surface area contributed by atoms with Crippen molar-refractivity contribution in [3.8, 4) is 0 Å². The lowest BCUT2D eigenvalue weighted by atomic mass is 10.2. The van der Waals surface area contributed by atoms with Gasteiger partial charge in [-0.05, 0) is 37.4 Å². The number of hydrogen-bond acceptors (Lipinski definition) is 4. The molecule has 1 aliphatic carbocycles. The van der Waals surface area contributed by atoms with Crippen LogP contribution in [0.4, 0.5) is 5.69 Å². The predicted molar refractivity (Wildman–Crippen MR) is 78.0 cm³/mol. The molecule has 0 aliphatic heterocycles. The maximum absolute atomic E-state index is 10.8. The van der Waals surface area contributed by atoms with Crippen molar-refractivity contribution < 1.29 is 9.66 Å². The number of likely N-dealkylation sites (N-methyl/N-ethyl adjacent to an activating group) is 1. The molecule has 0 amide bonds. The zero-order chi connectivity index (χ0) is 14.5. The summed E-state index contributed by atoms with van der Waals surface area (Å²) in [5.41, 5.74) is 0.841. The highest BCUT2D eigenvalue weighted by Gasteiger charge is 2.21. The molecule has 0 atom stereocenters. The number of nitrogens with zero attached hydrogens (tertiary/aromatic N) is 2. The smallest absolute Gasteiger partial charge is 0.288 e. The van der Waals surface area contributed by atoms with Gasteiger partial charge in [0.05, 0.1) is 11.5 Å². The molecular formula is C14H19ClN2O3. The van der Waals surface area contributed by atoms with Crippen molar-refractivity contribution >= 4 is 17.3 Å². The van der Waals surface area contributed by atoms with Crippen molar-refractivity contribution in [3.63, 3.8) is 0 Å². The molecule has 20 heavy (non-hydrogen) atoms. The highest BCUT2D eigenvalue weighted by Crippen LogP contribution is 2.28. The first-order valence-corrected chi connectivity index (χ1v) is 7.13. The van der Waals surface area contributed by atoms with Crippen molar-refractivity contribution in [2.45, 2.75) is 19.4 Å². The van der Waals surface area contributed by atoms with Gasteiger partial charge in [0.15, 0.2) is 0 Å². The summed E-state index contributed by atoms with van der Waals surface area (Å²) in [6, 6.07) is 4.92. The molecule has 0 unspecified atom stereocenters. The van der Waals surface area contributed by atoms with E-state index < -0.39 is 4.92 Å². The summed E-state index contributed by atoms with van der Waals surface area (Å²) in [6.45, 7) is 3.01. The lowest BCUT2D eigenvalue weighted by molar-refractivity contribution is -0.384. The monoisotopic (exact) mass is 298 g/mol. The summed E-state index contributed by atoms with van der Waals surface area (Å²) in [6.07, 6.45) is 2.59. The standard InChI is InChI=1S/C14H19ClN2O3/c1-16(6-7-20-10-11-2-3-11)9-12-4-5-13(15)14(8-12)17(18)19/h4-5,8,11H,2-3,6-7,9-10H2,1H3. The van der Waals surface area contributed by atoms with E-state index in [1.54, 1.807) is 6.07 Å². The van der Waals surface area contributed by atoms with Gasteiger partial charge in [-0.3, -0.25) is 15.0 Å². The van der Waals surface area contributed by atoms with E-state index in [2.05, 4.69) is 4.90 Å². The van der Waals surface area contributed by atoms with Crippen molar-refractivity contribution in [1.29, 1.82) is 0 Å². The fourth-order valence-electron chi connectivity index (χ4n) is 1.94. The minimum absolute atomic E-state index is 0.0393. The Hall–Kier alpha value is -1.17. The minimum atomic E-state index is -0.454. The quantitative estimate of drug-likeness (QED) is 0.420. The SMILES string of the molecule is CN(CCOCC1CC1)Cc1ccc(Cl)c([N+](=O)[O-])c1. The molecule has 0 bridgehead atoms. The van der Waals surface area contributed by atoms with Crippen LogP contribution in [0.3, 0.4) is 0 Å². The fraction of sp³-hybridized carbons (Fsp3) is 0.571. The van der Waals surface area contributed by atoms with Crippen LogP contribution >= 0.6 is 11.6 Å². The van der Waals surface area contributed by atoms with Gasteiger partial charge in [-0.2, -0.15) is 0 Å². The Bertz CT molecular complexity index is 477. The fourth-order valence-corrected chi connectivity index (χ4v) is 2.13. The topological polar surface area (TPSA) is 55.6 Å².